The Morgan fingerprint density at radius 1 is 1.25 bits per heavy atom. The van der Waals surface area contributed by atoms with Crippen LogP contribution in [0.4, 0.5) is 10.2 Å². The maximum atomic E-state index is 13.4. The molecule has 0 radical (unpaired) electrons. The third kappa shape index (κ3) is 3.52. The van der Waals surface area contributed by atoms with Gasteiger partial charge in [-0.25, -0.2) is 15.2 Å². The van der Waals surface area contributed by atoms with Gasteiger partial charge >= 0.3 is 0 Å². The van der Waals surface area contributed by atoms with E-state index in [1.54, 1.807) is 30.3 Å². The zero-order chi connectivity index (χ0) is 14.4. The molecule has 2 rings (SSSR count). The number of nitrogens with zero attached hydrogens (tertiary/aromatic N) is 1. The standard InChI is InChI=1S/C14H15FN4O/c15-12-4-2-1-3-10(12)7-8-17-14(20)11-5-6-13(19-16)18-9-11/h1-6,9H,7-8,16H2,(H,17,20)(H,18,19). The number of nitrogens with two attached hydrogens (primary N) is 1. The summed E-state index contributed by atoms with van der Waals surface area (Å²) in [5.74, 6) is 5.15. The van der Waals surface area contributed by atoms with E-state index in [1.807, 2.05) is 0 Å². The summed E-state index contributed by atoms with van der Waals surface area (Å²) in [5, 5.41) is 2.71. The lowest BCUT2D eigenvalue weighted by Gasteiger charge is -2.06. The molecule has 0 fully saturated rings. The normalized spacial score (nSPS) is 10.1. The highest BCUT2D eigenvalue weighted by Crippen LogP contribution is 2.07. The Hall–Kier alpha value is -2.47. The number of hydrogen-bond acceptors (Lipinski definition) is 4. The number of aromatic nitrogens is 1. The van der Waals surface area contributed by atoms with Crippen LogP contribution in [0.2, 0.25) is 0 Å². The van der Waals surface area contributed by atoms with Crippen LogP contribution in [0.5, 0.6) is 0 Å². The van der Waals surface area contributed by atoms with Crippen LogP contribution in [0.1, 0.15) is 15.9 Å². The minimum absolute atomic E-state index is 0.252. The Bertz CT molecular complexity index is 586. The van der Waals surface area contributed by atoms with Crippen molar-refractivity contribution in [2.45, 2.75) is 6.42 Å². The van der Waals surface area contributed by atoms with Gasteiger partial charge in [0, 0.05) is 12.7 Å². The zero-order valence-corrected chi connectivity index (χ0v) is 10.8. The number of nitrogens with one attached hydrogen (secondary N) is 2. The number of rotatable bonds is 5. The Labute approximate surface area is 116 Å². The van der Waals surface area contributed by atoms with Crippen LogP contribution in [0.15, 0.2) is 42.6 Å². The Kier molecular flexibility index (Phi) is 4.62. The van der Waals surface area contributed by atoms with Gasteiger partial charge in [0.15, 0.2) is 0 Å². The van der Waals surface area contributed by atoms with Crippen molar-refractivity contribution in [2.75, 3.05) is 12.0 Å². The van der Waals surface area contributed by atoms with E-state index in [-0.39, 0.29) is 11.7 Å². The highest BCUT2D eigenvalue weighted by Gasteiger charge is 2.06. The molecule has 0 bridgehead atoms. The zero-order valence-electron chi connectivity index (χ0n) is 10.8. The fourth-order valence-electron chi connectivity index (χ4n) is 1.73. The van der Waals surface area contributed by atoms with Crippen LogP contribution in [0.3, 0.4) is 0 Å². The second-order valence-electron chi connectivity index (χ2n) is 4.17. The molecule has 0 unspecified atom stereocenters. The van der Waals surface area contributed by atoms with Crippen LogP contribution in [-0.2, 0) is 6.42 Å². The molecule has 5 nitrogen and oxygen atoms in total. The topological polar surface area (TPSA) is 80.0 Å². The van der Waals surface area contributed by atoms with E-state index in [0.717, 1.165) is 0 Å². The lowest BCUT2D eigenvalue weighted by molar-refractivity contribution is 0.0953. The van der Waals surface area contributed by atoms with E-state index in [0.29, 0.717) is 29.9 Å². The van der Waals surface area contributed by atoms with Crippen LogP contribution in [0.25, 0.3) is 0 Å². The SMILES string of the molecule is NNc1ccc(C(=O)NCCc2ccccc2F)cn1. The Morgan fingerprint density at radius 2 is 2.05 bits per heavy atom. The highest BCUT2D eigenvalue weighted by atomic mass is 19.1. The predicted octanol–water partition coefficient (Wildman–Crippen LogP) is 1.48. The van der Waals surface area contributed by atoms with Crippen molar-refractivity contribution in [1.29, 1.82) is 0 Å². The first-order valence-electron chi connectivity index (χ1n) is 6.15. The maximum absolute atomic E-state index is 13.4. The number of benzene rings is 1. The summed E-state index contributed by atoms with van der Waals surface area (Å²) in [6.07, 6.45) is 1.86. The van der Waals surface area contributed by atoms with Crippen molar-refractivity contribution in [3.8, 4) is 0 Å². The third-order valence-corrected chi connectivity index (χ3v) is 2.81. The van der Waals surface area contributed by atoms with E-state index in [4.69, 9.17) is 5.84 Å². The van der Waals surface area contributed by atoms with Crippen LogP contribution in [-0.4, -0.2) is 17.4 Å². The van der Waals surface area contributed by atoms with Crippen molar-refractivity contribution in [3.63, 3.8) is 0 Å². The molecule has 0 spiro atoms. The Balaban J connectivity index is 1.87. The largest absolute Gasteiger partial charge is 0.352 e. The molecule has 4 N–H and O–H groups in total. The lowest BCUT2D eigenvalue weighted by Crippen LogP contribution is -2.26. The maximum Gasteiger partial charge on any atom is 0.252 e. The van der Waals surface area contributed by atoms with Crippen molar-refractivity contribution in [3.05, 3.63) is 59.5 Å². The van der Waals surface area contributed by atoms with Gasteiger partial charge in [0.05, 0.1) is 5.56 Å². The predicted molar refractivity (Wildman–Crippen MR) is 74.5 cm³/mol. The summed E-state index contributed by atoms with van der Waals surface area (Å²) in [5.41, 5.74) is 3.39. The number of carbonyl (C=O) groups is 1. The lowest BCUT2D eigenvalue weighted by atomic mass is 10.1. The minimum atomic E-state index is -0.262. The number of anilines is 1. The summed E-state index contributed by atoms with van der Waals surface area (Å²) < 4.78 is 13.4. The fourth-order valence-corrected chi connectivity index (χ4v) is 1.73. The molecule has 0 aliphatic rings. The summed E-state index contributed by atoms with van der Waals surface area (Å²) in [6, 6.07) is 9.72. The summed E-state index contributed by atoms with van der Waals surface area (Å²) >= 11 is 0. The third-order valence-electron chi connectivity index (χ3n) is 2.81. The van der Waals surface area contributed by atoms with Crippen molar-refractivity contribution >= 4 is 11.7 Å². The molecule has 1 aromatic carbocycles. The Morgan fingerprint density at radius 3 is 2.70 bits per heavy atom. The van der Waals surface area contributed by atoms with Gasteiger partial charge in [0.2, 0.25) is 0 Å². The molecule has 0 aliphatic heterocycles. The van der Waals surface area contributed by atoms with Crippen LogP contribution in [0, 0.1) is 5.82 Å². The number of halogens is 1. The van der Waals surface area contributed by atoms with E-state index < -0.39 is 0 Å². The molecule has 6 heteroatoms. The first-order chi connectivity index (χ1) is 9.70. The van der Waals surface area contributed by atoms with Gasteiger partial charge < -0.3 is 10.7 Å². The van der Waals surface area contributed by atoms with Crippen molar-refractivity contribution in [1.82, 2.24) is 10.3 Å². The second kappa shape index (κ2) is 6.63. The highest BCUT2D eigenvalue weighted by molar-refractivity contribution is 5.94. The van der Waals surface area contributed by atoms with Gasteiger partial charge in [0.1, 0.15) is 11.6 Å². The second-order valence-corrected chi connectivity index (χ2v) is 4.17. The number of hydrazine groups is 1. The van der Waals surface area contributed by atoms with Gasteiger partial charge in [-0.2, -0.15) is 0 Å². The first kappa shape index (κ1) is 14.0. The van der Waals surface area contributed by atoms with Gasteiger partial charge in [-0.1, -0.05) is 18.2 Å². The molecule has 0 atom stereocenters. The number of hydrogen-bond donors (Lipinski definition) is 3. The average Bonchev–Trinajstić information content (AvgIpc) is 2.49. The van der Waals surface area contributed by atoms with Crippen LogP contribution < -0.4 is 16.6 Å². The van der Waals surface area contributed by atoms with Gasteiger partial charge in [0.25, 0.3) is 5.91 Å². The number of pyridine rings is 1. The summed E-state index contributed by atoms with van der Waals surface area (Å²) in [7, 11) is 0. The molecule has 0 saturated carbocycles. The van der Waals surface area contributed by atoms with Crippen molar-refractivity contribution < 1.29 is 9.18 Å². The molecule has 1 heterocycles. The van der Waals surface area contributed by atoms with E-state index in [2.05, 4.69) is 15.7 Å². The quantitative estimate of drug-likeness (QED) is 0.570. The van der Waals surface area contributed by atoms with E-state index in [9.17, 15) is 9.18 Å². The first-order valence-corrected chi connectivity index (χ1v) is 6.15. The molecule has 2 aromatic rings. The molecule has 104 valence electrons. The molecule has 1 aromatic heterocycles. The van der Waals surface area contributed by atoms with E-state index in [1.165, 1.54) is 12.3 Å². The molecular formula is C14H15FN4O. The molecular weight excluding hydrogens is 259 g/mol. The number of nitrogen functional groups attached to an aromatic ring is 1. The summed E-state index contributed by atoms with van der Waals surface area (Å²) in [6.45, 7) is 0.358. The monoisotopic (exact) mass is 274 g/mol. The van der Waals surface area contributed by atoms with Gasteiger partial charge in [-0.15, -0.1) is 0 Å². The van der Waals surface area contributed by atoms with Gasteiger partial charge in [-0.3, -0.25) is 4.79 Å². The van der Waals surface area contributed by atoms with Crippen molar-refractivity contribution in [2.24, 2.45) is 5.84 Å². The molecule has 1 amide bonds. The smallest absolute Gasteiger partial charge is 0.252 e. The molecule has 20 heavy (non-hydrogen) atoms. The molecule has 0 aliphatic carbocycles. The minimum Gasteiger partial charge on any atom is -0.352 e. The number of carbonyl (C=O) groups excluding carboxylic acids is 1. The number of amides is 1. The van der Waals surface area contributed by atoms with Gasteiger partial charge in [-0.05, 0) is 30.2 Å². The van der Waals surface area contributed by atoms with E-state index >= 15 is 0 Å². The molecule has 0 saturated heterocycles. The summed E-state index contributed by atoms with van der Waals surface area (Å²) in [4.78, 5) is 15.8. The van der Waals surface area contributed by atoms with Crippen LogP contribution >= 0.6 is 0 Å². The average molecular weight is 274 g/mol. The fraction of sp³-hybridized carbons (Fsp3) is 0.143.